The van der Waals surface area contributed by atoms with Crippen LogP contribution in [-0.4, -0.2) is 57.1 Å². The molecule has 2 aromatic carbocycles. The molecule has 0 aliphatic heterocycles. The molecule has 35 heavy (non-hydrogen) atoms. The van der Waals surface area contributed by atoms with Gasteiger partial charge in [-0.25, -0.2) is 8.42 Å². The summed E-state index contributed by atoms with van der Waals surface area (Å²) in [6.45, 7) is 5.82. The van der Waals surface area contributed by atoms with Crippen molar-refractivity contribution in [2.24, 2.45) is 0 Å². The molecule has 0 heterocycles. The Morgan fingerprint density at radius 3 is 2.31 bits per heavy atom. The van der Waals surface area contributed by atoms with E-state index in [1.54, 1.807) is 31.2 Å². The highest BCUT2D eigenvalue weighted by atomic mass is 79.9. The average molecular weight is 569 g/mol. The Morgan fingerprint density at radius 2 is 1.74 bits per heavy atom. The lowest BCUT2D eigenvalue weighted by Crippen LogP contribution is -2.49. The molecule has 10 heteroatoms. The molecule has 192 valence electrons. The van der Waals surface area contributed by atoms with E-state index in [9.17, 15) is 18.0 Å². The second kappa shape index (κ2) is 12.9. The van der Waals surface area contributed by atoms with Gasteiger partial charge in [0.15, 0.2) is 0 Å². The van der Waals surface area contributed by atoms with Crippen LogP contribution in [0.4, 0.5) is 5.69 Å². The lowest BCUT2D eigenvalue weighted by Gasteiger charge is -2.30. The highest BCUT2D eigenvalue weighted by Gasteiger charge is 2.27. The van der Waals surface area contributed by atoms with Crippen molar-refractivity contribution in [1.82, 2.24) is 10.2 Å². The smallest absolute Gasteiger partial charge is 0.242 e. The molecule has 1 atom stereocenters. The number of nitrogens with one attached hydrogen (secondary N) is 1. The Labute approximate surface area is 216 Å². The average Bonchev–Trinajstić information content (AvgIpc) is 2.79. The predicted octanol–water partition coefficient (Wildman–Crippen LogP) is 3.95. The van der Waals surface area contributed by atoms with Crippen LogP contribution in [0.2, 0.25) is 0 Å². The van der Waals surface area contributed by atoms with Gasteiger partial charge in [-0.1, -0.05) is 34.1 Å². The largest absolute Gasteiger partial charge is 0.497 e. The van der Waals surface area contributed by atoms with Crippen molar-refractivity contribution in [1.29, 1.82) is 0 Å². The van der Waals surface area contributed by atoms with Crippen molar-refractivity contribution in [2.45, 2.75) is 52.2 Å². The Bertz CT molecular complexity index is 1110. The first-order valence-electron chi connectivity index (χ1n) is 11.4. The number of hydrogen-bond donors (Lipinski definition) is 1. The molecule has 0 saturated heterocycles. The minimum absolute atomic E-state index is 0.0548. The molecule has 0 aromatic heterocycles. The van der Waals surface area contributed by atoms with Gasteiger partial charge in [0.05, 0.1) is 19.1 Å². The molecule has 2 rings (SSSR count). The SMILES string of the molecule is COc1cccc(N(CCCC(=O)N(Cc2ccc(Br)cc2)[C@H](C)C(=O)NC(C)C)S(C)(=O)=O)c1. The van der Waals surface area contributed by atoms with Gasteiger partial charge >= 0.3 is 0 Å². The molecule has 0 aliphatic rings. The van der Waals surface area contributed by atoms with Crippen LogP contribution < -0.4 is 14.4 Å². The second-order valence-corrected chi connectivity index (χ2v) is 11.5. The van der Waals surface area contributed by atoms with E-state index in [-0.39, 0.29) is 37.4 Å². The summed E-state index contributed by atoms with van der Waals surface area (Å²) >= 11 is 3.41. The highest BCUT2D eigenvalue weighted by molar-refractivity contribution is 9.10. The fourth-order valence-corrected chi connectivity index (χ4v) is 4.77. The van der Waals surface area contributed by atoms with Gasteiger partial charge in [-0.05, 0) is 57.0 Å². The van der Waals surface area contributed by atoms with Crippen molar-refractivity contribution in [2.75, 3.05) is 24.2 Å². The Hall–Kier alpha value is -2.59. The van der Waals surface area contributed by atoms with Crippen molar-refractivity contribution in [3.8, 4) is 5.75 Å². The van der Waals surface area contributed by atoms with Gasteiger partial charge in [0, 0.05) is 36.1 Å². The number of carbonyl (C=O) groups is 2. The normalized spacial score (nSPS) is 12.2. The first-order chi connectivity index (χ1) is 16.4. The van der Waals surface area contributed by atoms with Crippen LogP contribution in [0, 0.1) is 0 Å². The summed E-state index contributed by atoms with van der Waals surface area (Å²) in [5.41, 5.74) is 1.36. The molecule has 0 aliphatic carbocycles. The standard InChI is InChI=1S/C25H34BrN3O5S/c1-18(2)27-25(31)19(3)28(17-20-11-13-21(26)14-12-20)24(30)10-7-15-29(35(5,32)33)22-8-6-9-23(16-22)34-4/h6,8-9,11-14,16,18-19H,7,10,15,17H2,1-5H3,(H,27,31)/t19-/m1/s1. The third kappa shape index (κ3) is 8.85. The molecule has 0 unspecified atom stereocenters. The van der Waals surface area contributed by atoms with Crippen molar-refractivity contribution in [3.63, 3.8) is 0 Å². The van der Waals surface area contributed by atoms with Gasteiger partial charge in [-0.3, -0.25) is 13.9 Å². The fraction of sp³-hybridized carbons (Fsp3) is 0.440. The summed E-state index contributed by atoms with van der Waals surface area (Å²) in [4.78, 5) is 27.5. The molecule has 0 spiro atoms. The van der Waals surface area contributed by atoms with E-state index in [0.29, 0.717) is 17.9 Å². The molecular weight excluding hydrogens is 534 g/mol. The number of benzene rings is 2. The van der Waals surface area contributed by atoms with Gasteiger partial charge < -0.3 is 15.0 Å². The zero-order valence-electron chi connectivity index (χ0n) is 20.8. The van der Waals surface area contributed by atoms with Crippen LogP contribution in [0.3, 0.4) is 0 Å². The molecule has 0 fully saturated rings. The van der Waals surface area contributed by atoms with Crippen LogP contribution >= 0.6 is 15.9 Å². The molecule has 0 saturated carbocycles. The maximum Gasteiger partial charge on any atom is 0.242 e. The van der Waals surface area contributed by atoms with Crippen LogP contribution in [0.1, 0.15) is 39.2 Å². The number of sulfonamides is 1. The van der Waals surface area contributed by atoms with Crippen LogP contribution in [0.25, 0.3) is 0 Å². The Morgan fingerprint density at radius 1 is 1.09 bits per heavy atom. The van der Waals surface area contributed by atoms with Crippen LogP contribution in [0.5, 0.6) is 5.75 Å². The van der Waals surface area contributed by atoms with Crippen LogP contribution in [0.15, 0.2) is 53.0 Å². The number of rotatable bonds is 12. The molecule has 0 bridgehead atoms. The van der Waals surface area contributed by atoms with Crippen molar-refractivity contribution < 1.29 is 22.7 Å². The highest BCUT2D eigenvalue weighted by Crippen LogP contribution is 2.24. The maximum atomic E-state index is 13.3. The monoisotopic (exact) mass is 567 g/mol. The van der Waals surface area contributed by atoms with Crippen molar-refractivity contribution in [3.05, 3.63) is 58.6 Å². The quantitative estimate of drug-likeness (QED) is 0.419. The van der Waals surface area contributed by atoms with Gasteiger partial charge in [0.25, 0.3) is 0 Å². The van der Waals surface area contributed by atoms with E-state index in [1.165, 1.54) is 16.3 Å². The number of ether oxygens (including phenoxy) is 1. The first-order valence-corrected chi connectivity index (χ1v) is 14.0. The molecule has 1 N–H and O–H groups in total. The topological polar surface area (TPSA) is 96.0 Å². The Balaban J connectivity index is 2.17. The van der Waals surface area contributed by atoms with E-state index in [1.807, 2.05) is 38.1 Å². The van der Waals surface area contributed by atoms with Gasteiger partial charge in [-0.15, -0.1) is 0 Å². The number of nitrogens with zero attached hydrogens (tertiary/aromatic N) is 2. The lowest BCUT2D eigenvalue weighted by atomic mass is 10.1. The lowest BCUT2D eigenvalue weighted by molar-refractivity contribution is -0.140. The predicted molar refractivity (Wildman–Crippen MR) is 142 cm³/mol. The summed E-state index contributed by atoms with van der Waals surface area (Å²) in [5, 5.41) is 2.86. The fourth-order valence-electron chi connectivity index (χ4n) is 3.54. The van der Waals surface area contributed by atoms with Gasteiger partial charge in [0.1, 0.15) is 11.8 Å². The van der Waals surface area contributed by atoms with E-state index >= 15 is 0 Å². The molecule has 0 radical (unpaired) electrons. The number of halogens is 1. The summed E-state index contributed by atoms with van der Waals surface area (Å²) in [5.74, 6) is 0.0795. The number of hydrogen-bond acceptors (Lipinski definition) is 5. The molecule has 2 amide bonds. The summed E-state index contributed by atoms with van der Waals surface area (Å²) in [7, 11) is -2.06. The van der Waals surface area contributed by atoms with Gasteiger partial charge in [-0.2, -0.15) is 0 Å². The van der Waals surface area contributed by atoms with E-state index in [2.05, 4.69) is 21.2 Å². The molecular formula is C25H34BrN3O5S. The second-order valence-electron chi connectivity index (χ2n) is 8.63. The first kappa shape index (κ1) is 28.6. The number of methoxy groups -OCH3 is 1. The minimum atomic E-state index is -3.57. The molecule has 8 nitrogen and oxygen atoms in total. The summed E-state index contributed by atoms with van der Waals surface area (Å²) < 4.78 is 32.3. The van der Waals surface area contributed by atoms with E-state index in [4.69, 9.17) is 4.74 Å². The number of amides is 2. The third-order valence-electron chi connectivity index (χ3n) is 5.36. The summed E-state index contributed by atoms with van der Waals surface area (Å²) in [6.07, 6.45) is 1.51. The minimum Gasteiger partial charge on any atom is -0.497 e. The van der Waals surface area contributed by atoms with E-state index < -0.39 is 16.1 Å². The Kier molecular flexibility index (Phi) is 10.6. The van der Waals surface area contributed by atoms with Gasteiger partial charge in [0.2, 0.25) is 21.8 Å². The zero-order valence-corrected chi connectivity index (χ0v) is 23.2. The number of carbonyl (C=O) groups excluding carboxylic acids is 2. The zero-order chi connectivity index (χ0) is 26.2. The summed E-state index contributed by atoms with van der Waals surface area (Å²) in [6, 6.07) is 13.6. The third-order valence-corrected chi connectivity index (χ3v) is 7.08. The van der Waals surface area contributed by atoms with Crippen LogP contribution in [-0.2, 0) is 26.2 Å². The number of anilines is 1. The van der Waals surface area contributed by atoms with Crippen molar-refractivity contribution >= 4 is 43.5 Å². The van der Waals surface area contributed by atoms with E-state index in [0.717, 1.165) is 16.3 Å². The molecule has 2 aromatic rings. The maximum absolute atomic E-state index is 13.3.